The normalized spacial score (nSPS) is 13.0. The van der Waals surface area contributed by atoms with Gasteiger partial charge in [-0.1, -0.05) is 236 Å². The quantitative estimate of drug-likeness (QED) is 0.0321. The Morgan fingerprint density at radius 2 is 0.769 bits per heavy atom. The van der Waals surface area contributed by atoms with Gasteiger partial charge in [-0.15, -0.1) is 0 Å². The second-order valence-corrected chi connectivity index (χ2v) is 19.3. The predicted molar refractivity (Wildman–Crippen MR) is 282 cm³/mol. The Kier molecular flexibility index (Phi) is 52.6. The van der Waals surface area contributed by atoms with Crippen LogP contribution in [0.3, 0.4) is 0 Å². The summed E-state index contributed by atoms with van der Waals surface area (Å²) in [6.45, 7) is 4.85. The van der Waals surface area contributed by atoms with Crippen LogP contribution in [0.2, 0.25) is 0 Å². The lowest BCUT2D eigenvalue weighted by atomic mass is 10.0. The maximum absolute atomic E-state index is 12.4. The molecule has 0 aromatic carbocycles. The molecular weight excluding hydrogens is 803 g/mol. The van der Waals surface area contributed by atoms with Crippen LogP contribution in [0.4, 0.5) is 0 Å². The molecule has 0 aromatic rings. The summed E-state index contributed by atoms with van der Waals surface area (Å²) >= 11 is 0. The molecule has 380 valence electrons. The number of unbranched alkanes of at least 4 members (excludes halogenated alkanes) is 35. The van der Waals surface area contributed by atoms with Gasteiger partial charge in [-0.05, 0) is 89.9 Å². The fourth-order valence-electron chi connectivity index (χ4n) is 8.42. The first-order valence-corrected chi connectivity index (χ1v) is 28.4. The van der Waals surface area contributed by atoms with E-state index in [9.17, 15) is 19.8 Å². The summed E-state index contributed by atoms with van der Waals surface area (Å²) in [6, 6.07) is -0.641. The van der Waals surface area contributed by atoms with Gasteiger partial charge in [0.1, 0.15) is 0 Å². The van der Waals surface area contributed by atoms with E-state index in [1.807, 2.05) is 6.08 Å². The Balaban J connectivity index is 3.49. The highest BCUT2D eigenvalue weighted by Crippen LogP contribution is 2.15. The molecule has 0 spiro atoms. The number of aliphatic hydroxyl groups is 2. The van der Waals surface area contributed by atoms with Crippen molar-refractivity contribution < 1.29 is 24.5 Å². The largest absolute Gasteiger partial charge is 0.466 e. The van der Waals surface area contributed by atoms with Crippen molar-refractivity contribution in [1.29, 1.82) is 0 Å². The Bertz CT molecular complexity index is 1100. The molecule has 0 rings (SSSR count). The van der Waals surface area contributed by atoms with E-state index in [2.05, 4.69) is 55.6 Å². The number of carbonyl (C=O) groups excluding carboxylic acids is 2. The number of rotatable bonds is 52. The van der Waals surface area contributed by atoms with Gasteiger partial charge in [0, 0.05) is 12.8 Å². The number of amides is 1. The molecule has 0 aromatic heterocycles. The number of esters is 1. The van der Waals surface area contributed by atoms with Crippen LogP contribution in [0.1, 0.15) is 290 Å². The number of ether oxygens (including phenoxy) is 1. The molecule has 1 amide bonds. The molecule has 6 heteroatoms. The molecule has 0 bridgehead atoms. The number of carbonyl (C=O) groups is 2. The highest BCUT2D eigenvalue weighted by Gasteiger charge is 2.18. The summed E-state index contributed by atoms with van der Waals surface area (Å²) in [5, 5.41) is 23.1. The van der Waals surface area contributed by atoms with E-state index in [0.29, 0.717) is 19.4 Å². The number of hydrogen-bond donors (Lipinski definition) is 3. The van der Waals surface area contributed by atoms with Gasteiger partial charge >= 0.3 is 5.97 Å². The molecule has 0 aliphatic heterocycles. The summed E-state index contributed by atoms with van der Waals surface area (Å²) in [5.74, 6) is -0.0978. The SMILES string of the molecule is CCCCCC/C=C\C/C=C\CCCCCCCCCC(=O)OCCCCCCCCC/C=C\CCCCCCCC(=O)NC(CO)C(O)/C=C/CCCCCCCCCCCCCC. The molecule has 65 heavy (non-hydrogen) atoms. The maximum Gasteiger partial charge on any atom is 0.305 e. The molecule has 6 nitrogen and oxygen atoms in total. The average molecular weight is 913 g/mol. The first kappa shape index (κ1) is 62.8. The molecule has 2 unspecified atom stereocenters. The Morgan fingerprint density at radius 3 is 1.20 bits per heavy atom. The van der Waals surface area contributed by atoms with Gasteiger partial charge in [-0.3, -0.25) is 9.59 Å². The minimum atomic E-state index is -0.855. The zero-order valence-corrected chi connectivity index (χ0v) is 43.2. The van der Waals surface area contributed by atoms with Crippen molar-refractivity contribution in [2.45, 2.75) is 302 Å². The van der Waals surface area contributed by atoms with Crippen molar-refractivity contribution in [2.75, 3.05) is 13.2 Å². The van der Waals surface area contributed by atoms with Gasteiger partial charge in [0.25, 0.3) is 0 Å². The van der Waals surface area contributed by atoms with E-state index in [1.165, 1.54) is 193 Å². The molecule has 0 aliphatic rings. The van der Waals surface area contributed by atoms with Gasteiger partial charge in [0.15, 0.2) is 0 Å². The number of allylic oxidation sites excluding steroid dienone is 7. The minimum Gasteiger partial charge on any atom is -0.466 e. The van der Waals surface area contributed by atoms with E-state index in [4.69, 9.17) is 4.74 Å². The van der Waals surface area contributed by atoms with Gasteiger partial charge in [-0.2, -0.15) is 0 Å². The second-order valence-electron chi connectivity index (χ2n) is 19.3. The number of aliphatic hydroxyl groups excluding tert-OH is 2. The molecule has 0 saturated heterocycles. The van der Waals surface area contributed by atoms with E-state index in [0.717, 1.165) is 70.6 Å². The zero-order valence-electron chi connectivity index (χ0n) is 43.2. The lowest BCUT2D eigenvalue weighted by molar-refractivity contribution is -0.143. The van der Waals surface area contributed by atoms with Crippen LogP contribution in [0, 0.1) is 0 Å². The van der Waals surface area contributed by atoms with Gasteiger partial charge in [0.2, 0.25) is 5.91 Å². The second kappa shape index (κ2) is 54.4. The minimum absolute atomic E-state index is 0.0118. The van der Waals surface area contributed by atoms with Gasteiger partial charge in [0.05, 0.1) is 25.4 Å². The fraction of sp³-hybridized carbons (Fsp3) is 0.831. The van der Waals surface area contributed by atoms with Crippen molar-refractivity contribution >= 4 is 11.9 Å². The van der Waals surface area contributed by atoms with E-state index >= 15 is 0 Å². The first-order valence-electron chi connectivity index (χ1n) is 28.4. The zero-order chi connectivity index (χ0) is 47.2. The third-order valence-electron chi connectivity index (χ3n) is 12.8. The molecule has 0 aliphatic carbocycles. The van der Waals surface area contributed by atoms with Crippen LogP contribution in [0.15, 0.2) is 48.6 Å². The highest BCUT2D eigenvalue weighted by atomic mass is 16.5. The predicted octanol–water partition coefficient (Wildman–Crippen LogP) is 17.4. The van der Waals surface area contributed by atoms with Crippen LogP contribution in [0.25, 0.3) is 0 Å². The molecule has 0 saturated carbocycles. The third kappa shape index (κ3) is 51.1. The van der Waals surface area contributed by atoms with Crippen molar-refractivity contribution in [2.24, 2.45) is 0 Å². The molecule has 0 heterocycles. The van der Waals surface area contributed by atoms with Crippen molar-refractivity contribution in [1.82, 2.24) is 5.32 Å². The first-order chi connectivity index (χ1) is 32.0. The molecular formula is C59H109NO5. The number of hydrogen-bond acceptors (Lipinski definition) is 5. The van der Waals surface area contributed by atoms with Gasteiger partial charge < -0.3 is 20.3 Å². The smallest absolute Gasteiger partial charge is 0.305 e. The standard InChI is InChI=1S/C59H109NO5/c1-3-5-7-9-11-13-15-17-19-20-21-25-29-33-37-41-45-49-53-59(64)65-54-50-46-42-38-34-30-26-23-22-24-28-32-36-40-44-48-52-58(63)60-56(55-61)57(62)51-47-43-39-35-31-27-18-16-14-12-10-8-6-4-2/h13,15,19-20,22,24,47,51,56-57,61-62H,3-12,14,16-18,21,23,25-46,48-50,52-55H2,1-2H3,(H,60,63)/b15-13-,20-19-,24-22-,51-47+. The Hall–Kier alpha value is -2.18. The molecule has 3 N–H and O–H groups in total. The average Bonchev–Trinajstić information content (AvgIpc) is 3.31. The summed E-state index contributed by atoms with van der Waals surface area (Å²) in [5.41, 5.74) is 0. The summed E-state index contributed by atoms with van der Waals surface area (Å²) in [4.78, 5) is 24.5. The maximum atomic E-state index is 12.4. The van der Waals surface area contributed by atoms with Crippen LogP contribution in [-0.4, -0.2) is 47.4 Å². The Morgan fingerprint density at radius 1 is 0.431 bits per heavy atom. The lowest BCUT2D eigenvalue weighted by Crippen LogP contribution is -2.45. The van der Waals surface area contributed by atoms with E-state index < -0.39 is 12.1 Å². The third-order valence-corrected chi connectivity index (χ3v) is 12.8. The molecule has 0 fully saturated rings. The topological polar surface area (TPSA) is 95.9 Å². The molecule has 0 radical (unpaired) electrons. The van der Waals surface area contributed by atoms with Crippen LogP contribution < -0.4 is 5.32 Å². The lowest BCUT2D eigenvalue weighted by Gasteiger charge is -2.20. The van der Waals surface area contributed by atoms with E-state index in [-0.39, 0.29) is 18.5 Å². The monoisotopic (exact) mass is 912 g/mol. The summed E-state index contributed by atoms with van der Waals surface area (Å²) in [6.07, 6.45) is 68.4. The van der Waals surface area contributed by atoms with Gasteiger partial charge in [-0.25, -0.2) is 0 Å². The summed E-state index contributed by atoms with van der Waals surface area (Å²) in [7, 11) is 0. The highest BCUT2D eigenvalue weighted by molar-refractivity contribution is 5.76. The number of nitrogens with one attached hydrogen (secondary N) is 1. The molecule has 2 atom stereocenters. The van der Waals surface area contributed by atoms with E-state index in [1.54, 1.807) is 6.08 Å². The van der Waals surface area contributed by atoms with Crippen LogP contribution in [-0.2, 0) is 14.3 Å². The van der Waals surface area contributed by atoms with Crippen LogP contribution >= 0.6 is 0 Å². The van der Waals surface area contributed by atoms with Crippen molar-refractivity contribution in [3.8, 4) is 0 Å². The van der Waals surface area contributed by atoms with Crippen LogP contribution in [0.5, 0.6) is 0 Å². The van der Waals surface area contributed by atoms with Crippen molar-refractivity contribution in [3.05, 3.63) is 48.6 Å². The Labute approximate surface area is 404 Å². The fourth-order valence-corrected chi connectivity index (χ4v) is 8.42. The summed E-state index contributed by atoms with van der Waals surface area (Å²) < 4.78 is 5.47. The van der Waals surface area contributed by atoms with Crippen molar-refractivity contribution in [3.63, 3.8) is 0 Å².